The minimum absolute atomic E-state index is 0.0274. The predicted octanol–water partition coefficient (Wildman–Crippen LogP) is 0.252. The number of amides is 1. The summed E-state index contributed by atoms with van der Waals surface area (Å²) in [5.74, 6) is 0.0495. The van der Waals surface area contributed by atoms with Crippen LogP contribution >= 0.6 is 0 Å². The zero-order chi connectivity index (χ0) is 9.14. The summed E-state index contributed by atoms with van der Waals surface area (Å²) in [5, 5.41) is -0.449. The molecule has 4 nitrogen and oxygen atoms in total. The topological polar surface area (TPSA) is 80.4 Å². The summed E-state index contributed by atoms with van der Waals surface area (Å²) >= 11 is -1.91. The van der Waals surface area contributed by atoms with Crippen LogP contribution in [-0.4, -0.2) is 19.9 Å². The Labute approximate surface area is 73.8 Å². The molecule has 0 bridgehead atoms. The van der Waals surface area contributed by atoms with Crippen LogP contribution in [-0.2, 0) is 15.9 Å². The molecule has 0 aromatic carbocycles. The molecule has 2 atom stereocenters. The molecule has 3 N–H and O–H groups in total. The second-order valence-corrected chi connectivity index (χ2v) is 4.47. The van der Waals surface area contributed by atoms with Gasteiger partial charge in [-0.1, -0.05) is 12.8 Å². The van der Waals surface area contributed by atoms with Crippen LogP contribution in [0.25, 0.3) is 0 Å². The number of primary amides is 1. The van der Waals surface area contributed by atoms with Crippen molar-refractivity contribution in [3.05, 3.63) is 0 Å². The first kappa shape index (κ1) is 9.67. The molecule has 12 heavy (non-hydrogen) atoms. The largest absolute Gasteiger partial charge is 0.370 e. The Kier molecular flexibility index (Phi) is 3.22. The van der Waals surface area contributed by atoms with Crippen molar-refractivity contribution in [2.45, 2.75) is 30.9 Å². The molecule has 1 amide bonds. The molecule has 5 heteroatoms. The molecule has 1 fully saturated rings. The minimum Gasteiger partial charge on any atom is -0.370 e. The zero-order valence-corrected chi connectivity index (χ0v) is 7.55. The van der Waals surface area contributed by atoms with Gasteiger partial charge in [-0.15, -0.1) is 0 Å². The molecule has 0 saturated heterocycles. The van der Waals surface area contributed by atoms with Gasteiger partial charge in [0.25, 0.3) is 0 Å². The summed E-state index contributed by atoms with van der Waals surface area (Å²) in [6.07, 6.45) is 2.92. The molecular weight excluding hydrogens is 178 g/mol. The lowest BCUT2D eigenvalue weighted by molar-refractivity contribution is -0.118. The first-order valence-corrected chi connectivity index (χ1v) is 5.14. The lowest BCUT2D eigenvalue weighted by Crippen LogP contribution is -2.24. The van der Waals surface area contributed by atoms with E-state index >= 15 is 0 Å². The molecule has 0 spiro atoms. The molecule has 1 aliphatic rings. The van der Waals surface area contributed by atoms with Crippen LogP contribution in [0, 0.1) is 5.92 Å². The van der Waals surface area contributed by atoms with Gasteiger partial charge in [0.15, 0.2) is 11.1 Å². The molecule has 0 aliphatic heterocycles. The molecule has 70 valence electrons. The summed E-state index contributed by atoms with van der Waals surface area (Å²) < 4.78 is 19.5. The van der Waals surface area contributed by atoms with E-state index in [-0.39, 0.29) is 6.42 Å². The molecular formula is C7H13NO3S. The Morgan fingerprint density at radius 3 is 2.58 bits per heavy atom. The van der Waals surface area contributed by atoms with Crippen LogP contribution in [0.3, 0.4) is 0 Å². The maximum absolute atomic E-state index is 10.7. The summed E-state index contributed by atoms with van der Waals surface area (Å²) in [6.45, 7) is 0. The average Bonchev–Trinajstić information content (AvgIpc) is 2.68. The maximum Gasteiger partial charge on any atom is 0.218 e. The first-order valence-electron chi connectivity index (χ1n) is 3.97. The minimum atomic E-state index is -1.91. The Hall–Kier alpha value is -0.420. The lowest BCUT2D eigenvalue weighted by Gasteiger charge is -2.08. The number of hydrogen-bond acceptors (Lipinski definition) is 2. The number of carbonyl (C=O) groups excluding carboxylic acids is 1. The fourth-order valence-electron chi connectivity index (χ4n) is 1.19. The monoisotopic (exact) mass is 191 g/mol. The van der Waals surface area contributed by atoms with Crippen LogP contribution in [0.4, 0.5) is 0 Å². The van der Waals surface area contributed by atoms with Gasteiger partial charge in [-0.2, -0.15) is 0 Å². The average molecular weight is 191 g/mol. The van der Waals surface area contributed by atoms with E-state index in [0.717, 1.165) is 12.8 Å². The van der Waals surface area contributed by atoms with E-state index in [4.69, 9.17) is 10.3 Å². The van der Waals surface area contributed by atoms with Gasteiger partial charge in [-0.05, 0) is 12.3 Å². The summed E-state index contributed by atoms with van der Waals surface area (Å²) in [7, 11) is 0. The highest BCUT2D eigenvalue weighted by molar-refractivity contribution is 7.79. The van der Waals surface area contributed by atoms with Crippen molar-refractivity contribution in [2.24, 2.45) is 11.7 Å². The Morgan fingerprint density at radius 1 is 1.67 bits per heavy atom. The smallest absolute Gasteiger partial charge is 0.218 e. The lowest BCUT2D eigenvalue weighted by atomic mass is 10.1. The van der Waals surface area contributed by atoms with Gasteiger partial charge in [-0.3, -0.25) is 4.79 Å². The number of rotatable bonds is 5. The van der Waals surface area contributed by atoms with Crippen molar-refractivity contribution in [1.29, 1.82) is 0 Å². The number of hydrogen-bond donors (Lipinski definition) is 2. The highest BCUT2D eigenvalue weighted by Crippen LogP contribution is 2.35. The van der Waals surface area contributed by atoms with Crippen molar-refractivity contribution >= 4 is 17.0 Å². The quantitative estimate of drug-likeness (QED) is 0.611. The van der Waals surface area contributed by atoms with Crippen molar-refractivity contribution < 1.29 is 13.6 Å². The SMILES string of the molecule is NC(=O)CC(CC1CC1)S(=O)O. The molecule has 1 saturated carbocycles. The third-order valence-electron chi connectivity index (χ3n) is 2.01. The summed E-state index contributed by atoms with van der Waals surface area (Å²) in [6, 6.07) is 0. The van der Waals surface area contributed by atoms with E-state index in [9.17, 15) is 9.00 Å². The van der Waals surface area contributed by atoms with Crippen LogP contribution in [0.1, 0.15) is 25.7 Å². The van der Waals surface area contributed by atoms with E-state index in [2.05, 4.69) is 0 Å². The molecule has 0 aromatic rings. The Bertz CT molecular complexity index is 203. The normalized spacial score (nSPS) is 21.8. The first-order chi connectivity index (χ1) is 5.59. The third-order valence-corrected chi connectivity index (χ3v) is 2.94. The van der Waals surface area contributed by atoms with Gasteiger partial charge in [0.05, 0.1) is 5.25 Å². The summed E-state index contributed by atoms with van der Waals surface area (Å²) in [4.78, 5) is 10.5. The van der Waals surface area contributed by atoms with E-state index < -0.39 is 22.2 Å². The Balaban J connectivity index is 2.36. The standard InChI is InChI=1S/C7H13NO3S/c8-7(9)4-6(12(10)11)3-5-1-2-5/h5-6H,1-4H2,(H2,8,9)(H,10,11). The number of nitrogens with two attached hydrogens (primary N) is 1. The molecule has 1 aliphatic carbocycles. The number of carbonyl (C=O) groups is 1. The van der Waals surface area contributed by atoms with Crippen LogP contribution in [0.2, 0.25) is 0 Å². The van der Waals surface area contributed by atoms with Crippen molar-refractivity contribution in [1.82, 2.24) is 0 Å². The molecule has 0 radical (unpaired) electrons. The van der Waals surface area contributed by atoms with Crippen molar-refractivity contribution in [3.63, 3.8) is 0 Å². The fourth-order valence-corrected chi connectivity index (χ4v) is 1.93. The summed E-state index contributed by atoms with van der Waals surface area (Å²) in [5.41, 5.74) is 4.94. The Morgan fingerprint density at radius 2 is 2.25 bits per heavy atom. The van der Waals surface area contributed by atoms with Gasteiger partial charge in [0.1, 0.15) is 0 Å². The van der Waals surface area contributed by atoms with E-state index in [1.165, 1.54) is 0 Å². The highest BCUT2D eigenvalue weighted by atomic mass is 32.2. The predicted molar refractivity (Wildman–Crippen MR) is 45.7 cm³/mol. The van der Waals surface area contributed by atoms with Crippen molar-refractivity contribution in [3.8, 4) is 0 Å². The van der Waals surface area contributed by atoms with E-state index in [0.29, 0.717) is 12.3 Å². The fraction of sp³-hybridized carbons (Fsp3) is 0.857. The van der Waals surface area contributed by atoms with Gasteiger partial charge in [-0.25, -0.2) is 4.21 Å². The molecule has 0 aromatic heterocycles. The molecule has 0 heterocycles. The van der Waals surface area contributed by atoms with Crippen molar-refractivity contribution in [2.75, 3.05) is 0 Å². The van der Waals surface area contributed by atoms with Crippen LogP contribution in [0.5, 0.6) is 0 Å². The van der Waals surface area contributed by atoms with E-state index in [1.54, 1.807) is 0 Å². The van der Waals surface area contributed by atoms with Crippen LogP contribution in [0.15, 0.2) is 0 Å². The third kappa shape index (κ3) is 3.32. The van der Waals surface area contributed by atoms with Gasteiger partial charge in [0.2, 0.25) is 5.91 Å². The zero-order valence-electron chi connectivity index (χ0n) is 6.73. The highest BCUT2D eigenvalue weighted by Gasteiger charge is 2.29. The van der Waals surface area contributed by atoms with E-state index in [1.807, 2.05) is 0 Å². The second-order valence-electron chi connectivity index (χ2n) is 3.25. The molecule has 2 unspecified atom stereocenters. The maximum atomic E-state index is 10.7. The van der Waals surface area contributed by atoms with Gasteiger partial charge in [0, 0.05) is 6.42 Å². The molecule has 1 rings (SSSR count). The van der Waals surface area contributed by atoms with Gasteiger partial charge < -0.3 is 10.3 Å². The van der Waals surface area contributed by atoms with Crippen LogP contribution < -0.4 is 5.73 Å². The van der Waals surface area contributed by atoms with Gasteiger partial charge >= 0.3 is 0 Å². The second kappa shape index (κ2) is 4.00.